The molecule has 6 heteroatoms. The summed E-state index contributed by atoms with van der Waals surface area (Å²) in [5.41, 5.74) is 0. The summed E-state index contributed by atoms with van der Waals surface area (Å²) in [5, 5.41) is 9.25. The van der Waals surface area contributed by atoms with Crippen molar-refractivity contribution in [1.82, 2.24) is 0 Å². The molecule has 2 atom stereocenters. The first-order valence-electron chi connectivity index (χ1n) is 11.0. The molecule has 4 nitrogen and oxygen atoms in total. The van der Waals surface area contributed by atoms with Crippen molar-refractivity contribution in [3.8, 4) is 0 Å². The largest absolute Gasteiger partial charge is 1.00 e. The van der Waals surface area contributed by atoms with Gasteiger partial charge in [0.25, 0.3) is 0 Å². The van der Waals surface area contributed by atoms with Crippen molar-refractivity contribution in [2.24, 2.45) is 0 Å². The van der Waals surface area contributed by atoms with Gasteiger partial charge in [-0.25, -0.2) is 8.42 Å². The predicted molar refractivity (Wildman–Crippen MR) is 109 cm³/mol. The van der Waals surface area contributed by atoms with E-state index in [-0.39, 0.29) is 35.7 Å². The molecule has 0 aliphatic heterocycles. The number of rotatable bonds is 19. The Hall–Kier alpha value is 0.870. The van der Waals surface area contributed by atoms with Crippen LogP contribution in [-0.4, -0.2) is 29.4 Å². The molecule has 0 aliphatic rings. The molecule has 0 rings (SSSR count). The molecule has 0 radical (unpaired) electrons. The average molecular weight is 415 g/mol. The van der Waals surface area contributed by atoms with Crippen LogP contribution in [0.25, 0.3) is 0 Å². The number of hydrogen-bond acceptors (Lipinski definition) is 4. The summed E-state index contributed by atoms with van der Waals surface area (Å²) in [6, 6.07) is 0. The second kappa shape index (κ2) is 20.2. The van der Waals surface area contributed by atoms with Crippen molar-refractivity contribution < 1.29 is 47.6 Å². The standard InChI is InChI=1S/C21H44O4S.Na/c1-3-5-7-13-16-20(22)17-14-10-8-9-11-15-19-21(26(23,24)25)18-12-6-4-2;/h20-22H,3-19H2,1-2H3,(H,23,24,25);/q;+1/p-1. The normalized spacial score (nSPS) is 13.9. The minimum absolute atomic E-state index is 0. The molecule has 0 aromatic heterocycles. The van der Waals surface area contributed by atoms with Crippen LogP contribution in [0.2, 0.25) is 0 Å². The van der Waals surface area contributed by atoms with E-state index in [1.807, 2.05) is 0 Å². The molecule has 0 heterocycles. The second-order valence-corrected chi connectivity index (χ2v) is 9.46. The second-order valence-electron chi connectivity index (χ2n) is 7.81. The molecule has 0 amide bonds. The Morgan fingerprint density at radius 3 is 1.44 bits per heavy atom. The van der Waals surface area contributed by atoms with Gasteiger partial charge in [0.15, 0.2) is 0 Å². The Balaban J connectivity index is 0. The zero-order chi connectivity index (χ0) is 19.7. The third-order valence-corrected chi connectivity index (χ3v) is 6.53. The van der Waals surface area contributed by atoms with Gasteiger partial charge in [-0.3, -0.25) is 0 Å². The zero-order valence-corrected chi connectivity index (χ0v) is 21.1. The molecule has 0 aromatic rings. The molecule has 0 bridgehead atoms. The van der Waals surface area contributed by atoms with E-state index in [1.165, 1.54) is 19.3 Å². The molecule has 0 saturated heterocycles. The van der Waals surface area contributed by atoms with Crippen molar-refractivity contribution >= 4 is 10.1 Å². The van der Waals surface area contributed by atoms with Gasteiger partial charge in [-0.2, -0.15) is 0 Å². The Morgan fingerprint density at radius 1 is 0.667 bits per heavy atom. The molecule has 0 saturated carbocycles. The van der Waals surface area contributed by atoms with Gasteiger partial charge < -0.3 is 9.66 Å². The first-order chi connectivity index (χ1) is 12.4. The molecule has 2 unspecified atom stereocenters. The third-order valence-electron chi connectivity index (χ3n) is 5.24. The molecule has 0 spiro atoms. The Kier molecular flexibility index (Phi) is 22.4. The first kappa shape index (κ1) is 30.1. The summed E-state index contributed by atoms with van der Waals surface area (Å²) in [6.07, 6.45) is 16.7. The molecule has 0 fully saturated rings. The summed E-state index contributed by atoms with van der Waals surface area (Å²) < 4.78 is 34.0. The maximum absolute atomic E-state index is 11.3. The van der Waals surface area contributed by atoms with Gasteiger partial charge in [-0.15, -0.1) is 0 Å². The Morgan fingerprint density at radius 2 is 1.00 bits per heavy atom. The van der Waals surface area contributed by atoms with E-state index >= 15 is 0 Å². The number of unbranched alkanes of at least 4 members (excludes halogenated alkanes) is 10. The quantitative estimate of drug-likeness (QED) is 0.200. The van der Waals surface area contributed by atoms with E-state index in [4.69, 9.17) is 0 Å². The smallest absolute Gasteiger partial charge is 0.748 e. The van der Waals surface area contributed by atoms with Gasteiger partial charge in [0, 0.05) is 5.25 Å². The molecular formula is C21H43NaO4S. The predicted octanol–water partition coefficient (Wildman–Crippen LogP) is 2.94. The van der Waals surface area contributed by atoms with Crippen molar-refractivity contribution in [1.29, 1.82) is 0 Å². The van der Waals surface area contributed by atoms with Crippen molar-refractivity contribution in [2.75, 3.05) is 0 Å². The average Bonchev–Trinajstić information content (AvgIpc) is 2.58. The van der Waals surface area contributed by atoms with E-state index in [1.54, 1.807) is 0 Å². The van der Waals surface area contributed by atoms with Crippen LogP contribution < -0.4 is 29.6 Å². The maximum atomic E-state index is 11.3. The van der Waals surface area contributed by atoms with Crippen LogP contribution in [0.1, 0.15) is 123 Å². The van der Waals surface area contributed by atoms with Crippen LogP contribution in [0.3, 0.4) is 0 Å². The van der Waals surface area contributed by atoms with E-state index < -0.39 is 15.4 Å². The SMILES string of the molecule is CCCCCCC(O)CCCCCCCCC(CCCCC)S(=O)(=O)[O-].[Na+]. The fourth-order valence-corrected chi connectivity index (χ4v) is 4.38. The van der Waals surface area contributed by atoms with Crippen LogP contribution in [0.15, 0.2) is 0 Å². The molecular weight excluding hydrogens is 371 g/mol. The van der Waals surface area contributed by atoms with E-state index in [2.05, 4.69) is 13.8 Å². The third kappa shape index (κ3) is 19.9. The van der Waals surface area contributed by atoms with Gasteiger partial charge in [-0.1, -0.05) is 97.3 Å². The molecule has 158 valence electrons. The van der Waals surface area contributed by atoms with Crippen molar-refractivity contribution in [3.05, 3.63) is 0 Å². The van der Waals surface area contributed by atoms with Crippen LogP contribution in [0, 0.1) is 0 Å². The summed E-state index contributed by atoms with van der Waals surface area (Å²) >= 11 is 0. The fourth-order valence-electron chi connectivity index (χ4n) is 3.47. The number of hydrogen-bond donors (Lipinski definition) is 1. The van der Waals surface area contributed by atoms with Crippen molar-refractivity contribution in [3.63, 3.8) is 0 Å². The summed E-state index contributed by atoms with van der Waals surface area (Å²) in [6.45, 7) is 4.27. The molecule has 27 heavy (non-hydrogen) atoms. The Labute approximate surface area is 191 Å². The monoisotopic (exact) mass is 414 g/mol. The first-order valence-corrected chi connectivity index (χ1v) is 12.5. The van der Waals surface area contributed by atoms with Crippen LogP contribution in [0.5, 0.6) is 0 Å². The van der Waals surface area contributed by atoms with E-state index in [0.29, 0.717) is 12.8 Å². The fraction of sp³-hybridized carbons (Fsp3) is 1.00. The molecule has 0 aliphatic carbocycles. The molecule has 0 aromatic carbocycles. The topological polar surface area (TPSA) is 77.4 Å². The van der Waals surface area contributed by atoms with Crippen LogP contribution >= 0.6 is 0 Å². The number of aliphatic hydroxyl groups excluding tert-OH is 1. The van der Waals surface area contributed by atoms with Gasteiger partial charge in [0.05, 0.1) is 16.2 Å². The number of aliphatic hydroxyl groups is 1. The Bertz CT molecular complexity index is 401. The summed E-state index contributed by atoms with van der Waals surface area (Å²) in [7, 11) is -4.15. The molecule has 1 N–H and O–H groups in total. The summed E-state index contributed by atoms with van der Waals surface area (Å²) in [5.74, 6) is 0. The van der Waals surface area contributed by atoms with Gasteiger partial charge in [-0.05, 0) is 25.7 Å². The zero-order valence-electron chi connectivity index (χ0n) is 18.3. The summed E-state index contributed by atoms with van der Waals surface area (Å²) in [4.78, 5) is 0. The van der Waals surface area contributed by atoms with Crippen molar-refractivity contribution in [2.45, 2.75) is 134 Å². The minimum atomic E-state index is -4.15. The van der Waals surface area contributed by atoms with Gasteiger partial charge >= 0.3 is 29.6 Å². The minimum Gasteiger partial charge on any atom is -0.748 e. The van der Waals surface area contributed by atoms with Crippen LogP contribution in [-0.2, 0) is 10.1 Å². The van der Waals surface area contributed by atoms with E-state index in [0.717, 1.165) is 77.0 Å². The van der Waals surface area contributed by atoms with Crippen LogP contribution in [0.4, 0.5) is 0 Å². The maximum Gasteiger partial charge on any atom is 1.00 e. The van der Waals surface area contributed by atoms with E-state index in [9.17, 15) is 18.1 Å². The van der Waals surface area contributed by atoms with Gasteiger partial charge in [0.1, 0.15) is 0 Å². The van der Waals surface area contributed by atoms with Gasteiger partial charge in [0.2, 0.25) is 0 Å².